The Kier molecular flexibility index (Phi) is 6.67. The summed E-state index contributed by atoms with van der Waals surface area (Å²) < 4.78 is 0. The number of aryl methyl sites for hydroxylation is 1. The van der Waals surface area contributed by atoms with Crippen molar-refractivity contribution in [3.8, 4) is 22.7 Å². The summed E-state index contributed by atoms with van der Waals surface area (Å²) in [6.07, 6.45) is 6.88. The topological polar surface area (TPSA) is 75.6 Å². The zero-order valence-corrected chi connectivity index (χ0v) is 22.4. The van der Waals surface area contributed by atoms with Crippen LogP contribution in [0.5, 0.6) is 0 Å². The average Bonchev–Trinajstić information content (AvgIpc) is 2.90. The van der Waals surface area contributed by atoms with Crippen LogP contribution in [-0.2, 0) is 0 Å². The molecule has 6 nitrogen and oxygen atoms in total. The number of aromatic nitrogens is 4. The van der Waals surface area contributed by atoms with Gasteiger partial charge in [0.1, 0.15) is 26.0 Å². The molecule has 3 aromatic heterocycles. The van der Waals surface area contributed by atoms with Crippen molar-refractivity contribution >= 4 is 41.9 Å². The molecule has 0 saturated carbocycles. The number of anilines is 4. The van der Waals surface area contributed by atoms with Gasteiger partial charge in [-0.05, 0) is 55.0 Å². The summed E-state index contributed by atoms with van der Waals surface area (Å²) in [5.41, 5.74) is 9.19. The van der Waals surface area contributed by atoms with Gasteiger partial charge in [-0.25, -0.2) is 19.9 Å². The van der Waals surface area contributed by atoms with E-state index in [1.165, 1.54) is 0 Å². The minimum absolute atomic E-state index is 0.733. The molecule has 2 aromatic carbocycles. The maximum absolute atomic E-state index is 4.66. The van der Waals surface area contributed by atoms with Crippen LogP contribution in [0.1, 0.15) is 11.1 Å². The minimum atomic E-state index is -1.45. The third kappa shape index (κ3) is 5.66. The number of pyridine rings is 2. The minimum Gasteiger partial charge on any atom is -0.340 e. The van der Waals surface area contributed by atoms with Gasteiger partial charge in [0.05, 0.1) is 11.4 Å². The van der Waals surface area contributed by atoms with Crippen molar-refractivity contribution in [1.82, 2.24) is 19.9 Å². The molecule has 0 amide bonds. The summed E-state index contributed by atoms with van der Waals surface area (Å²) in [6, 6.07) is 20.2. The van der Waals surface area contributed by atoms with Gasteiger partial charge in [-0.3, -0.25) is 0 Å². The van der Waals surface area contributed by atoms with Crippen LogP contribution >= 0.6 is 0 Å². The third-order valence-corrected chi connectivity index (χ3v) is 6.64. The Morgan fingerprint density at radius 3 is 2.43 bits per heavy atom. The summed E-state index contributed by atoms with van der Waals surface area (Å²) in [5.74, 6) is 4.85. The Bertz CT molecular complexity index is 1630. The number of nitrogens with one attached hydrogen (secondary N) is 2. The van der Waals surface area contributed by atoms with E-state index in [2.05, 4.69) is 86.8 Å². The molecule has 0 aliphatic carbocycles. The van der Waals surface area contributed by atoms with E-state index in [0.717, 1.165) is 56.2 Å². The van der Waals surface area contributed by atoms with Crippen molar-refractivity contribution in [2.45, 2.75) is 26.6 Å². The van der Waals surface area contributed by atoms with Gasteiger partial charge in [0, 0.05) is 46.2 Å². The molecule has 0 aliphatic heterocycles. The van der Waals surface area contributed by atoms with Gasteiger partial charge >= 0.3 is 0 Å². The average molecular weight is 501 g/mol. The Morgan fingerprint density at radius 1 is 0.757 bits per heavy atom. The zero-order valence-electron chi connectivity index (χ0n) is 21.4. The SMILES string of the molecule is Cc1ccc2c(Nc3cccc(C#C[Si](C)(C)C)c3)nccc2c1Nc1ncccc1-c1ccncn1. The van der Waals surface area contributed by atoms with Crippen LogP contribution in [-0.4, -0.2) is 28.0 Å². The molecule has 7 heteroatoms. The van der Waals surface area contributed by atoms with E-state index in [0.29, 0.717) is 0 Å². The predicted molar refractivity (Wildman–Crippen MR) is 155 cm³/mol. The molecule has 0 radical (unpaired) electrons. The summed E-state index contributed by atoms with van der Waals surface area (Å²) in [7, 11) is -1.45. The first-order valence-electron chi connectivity index (χ1n) is 12.1. The number of fused-ring (bicyclic) bond motifs is 1. The number of benzene rings is 2. The Labute approximate surface area is 218 Å². The van der Waals surface area contributed by atoms with Crippen molar-refractivity contribution in [2.24, 2.45) is 0 Å². The van der Waals surface area contributed by atoms with Gasteiger partial charge in [-0.2, -0.15) is 0 Å². The third-order valence-electron chi connectivity index (χ3n) is 5.77. The predicted octanol–water partition coefficient (Wildman–Crippen LogP) is 7.11. The van der Waals surface area contributed by atoms with Crippen molar-refractivity contribution < 1.29 is 0 Å². The van der Waals surface area contributed by atoms with Crippen molar-refractivity contribution in [1.29, 1.82) is 0 Å². The fourth-order valence-corrected chi connectivity index (χ4v) is 4.50. The molecule has 5 aromatic rings. The fourth-order valence-electron chi connectivity index (χ4n) is 3.98. The molecule has 0 aliphatic rings. The lowest BCUT2D eigenvalue weighted by Gasteiger charge is -2.16. The molecular formula is C30H28N6Si. The molecule has 0 fully saturated rings. The second-order valence-corrected chi connectivity index (χ2v) is 14.6. The summed E-state index contributed by atoms with van der Waals surface area (Å²) in [5, 5.41) is 9.13. The summed E-state index contributed by atoms with van der Waals surface area (Å²) in [6.45, 7) is 8.83. The maximum Gasteiger partial charge on any atom is 0.139 e. The van der Waals surface area contributed by atoms with Crippen LogP contribution in [0.3, 0.4) is 0 Å². The van der Waals surface area contributed by atoms with Crippen molar-refractivity contribution in [2.75, 3.05) is 10.6 Å². The first-order chi connectivity index (χ1) is 17.9. The van der Waals surface area contributed by atoms with Crippen LogP contribution in [0.2, 0.25) is 19.6 Å². The van der Waals surface area contributed by atoms with Gasteiger partial charge in [-0.15, -0.1) is 5.54 Å². The zero-order chi connectivity index (χ0) is 25.8. The van der Waals surface area contributed by atoms with E-state index >= 15 is 0 Å². The van der Waals surface area contributed by atoms with E-state index in [4.69, 9.17) is 0 Å². The first-order valence-corrected chi connectivity index (χ1v) is 15.6. The van der Waals surface area contributed by atoms with Gasteiger partial charge in [0.2, 0.25) is 0 Å². The lowest BCUT2D eigenvalue weighted by molar-refractivity contribution is 1.17. The number of nitrogens with zero attached hydrogens (tertiary/aromatic N) is 4. The lowest BCUT2D eigenvalue weighted by Crippen LogP contribution is -2.16. The van der Waals surface area contributed by atoms with Crippen molar-refractivity contribution in [3.63, 3.8) is 0 Å². The molecule has 0 unspecified atom stereocenters. The lowest BCUT2D eigenvalue weighted by atomic mass is 10.0. The smallest absolute Gasteiger partial charge is 0.139 e. The Balaban J connectivity index is 1.52. The summed E-state index contributed by atoms with van der Waals surface area (Å²) >= 11 is 0. The molecule has 0 spiro atoms. The molecular weight excluding hydrogens is 472 g/mol. The van der Waals surface area contributed by atoms with E-state index < -0.39 is 8.07 Å². The van der Waals surface area contributed by atoms with Crippen LogP contribution < -0.4 is 10.6 Å². The summed E-state index contributed by atoms with van der Waals surface area (Å²) in [4.78, 5) is 17.7. The molecule has 182 valence electrons. The molecule has 0 atom stereocenters. The van der Waals surface area contributed by atoms with E-state index in [1.807, 2.05) is 48.7 Å². The monoisotopic (exact) mass is 500 g/mol. The molecule has 5 rings (SSSR count). The second-order valence-electron chi connectivity index (χ2n) is 9.84. The normalized spacial score (nSPS) is 11.0. The Morgan fingerprint density at radius 2 is 1.62 bits per heavy atom. The number of rotatable bonds is 5. The highest BCUT2D eigenvalue weighted by Gasteiger charge is 2.14. The van der Waals surface area contributed by atoms with Crippen molar-refractivity contribution in [3.05, 3.63) is 96.7 Å². The molecule has 0 saturated heterocycles. The molecule has 0 bridgehead atoms. The first kappa shape index (κ1) is 24.2. The van der Waals surface area contributed by atoms with E-state index in [1.54, 1.807) is 18.7 Å². The highest BCUT2D eigenvalue weighted by molar-refractivity contribution is 6.83. The van der Waals surface area contributed by atoms with Gasteiger partial charge in [-0.1, -0.05) is 43.8 Å². The van der Waals surface area contributed by atoms with Crippen LogP contribution in [0.25, 0.3) is 22.0 Å². The van der Waals surface area contributed by atoms with E-state index in [9.17, 15) is 0 Å². The quantitative estimate of drug-likeness (QED) is 0.198. The fraction of sp³-hybridized carbons (Fsp3) is 0.133. The van der Waals surface area contributed by atoms with Gasteiger partial charge in [0.15, 0.2) is 0 Å². The highest BCUT2D eigenvalue weighted by atomic mass is 28.3. The van der Waals surface area contributed by atoms with Crippen LogP contribution in [0, 0.1) is 18.4 Å². The van der Waals surface area contributed by atoms with Crippen LogP contribution in [0.4, 0.5) is 23.0 Å². The second kappa shape index (κ2) is 10.2. The van der Waals surface area contributed by atoms with Gasteiger partial charge < -0.3 is 10.6 Å². The largest absolute Gasteiger partial charge is 0.340 e. The van der Waals surface area contributed by atoms with E-state index in [-0.39, 0.29) is 0 Å². The van der Waals surface area contributed by atoms with Gasteiger partial charge in [0.25, 0.3) is 0 Å². The standard InChI is InChI=1S/C30H28N6Si/c1-21-10-11-25-24(28(21)36-30-26(9-6-15-32-30)27-13-16-31-20-34-27)12-17-33-29(25)35-23-8-5-7-22(19-23)14-18-37(2,3)4/h5-13,15-17,19-20H,1-4H3,(H,32,36)(H,33,35). The molecule has 3 heterocycles. The molecule has 37 heavy (non-hydrogen) atoms. The maximum atomic E-state index is 4.66. The number of hydrogen-bond acceptors (Lipinski definition) is 6. The Hall–Kier alpha value is -4.54. The highest BCUT2D eigenvalue weighted by Crippen LogP contribution is 2.35. The van der Waals surface area contributed by atoms with Crippen LogP contribution in [0.15, 0.2) is 85.6 Å². The molecule has 2 N–H and O–H groups in total. The number of hydrogen-bond donors (Lipinski definition) is 2.